The van der Waals surface area contributed by atoms with E-state index >= 15 is 0 Å². The number of β-amino-alcohol motifs (C(OH)–C–C–N with tert-alkyl or cyclic N) is 1. The molecule has 3 nitrogen and oxygen atoms in total. The van der Waals surface area contributed by atoms with Gasteiger partial charge in [-0.2, -0.15) is 0 Å². The molecule has 0 spiro atoms. The minimum absolute atomic E-state index is 0. The maximum Gasteiger partial charge on any atom is 0.0845 e. The van der Waals surface area contributed by atoms with Gasteiger partial charge >= 0.3 is 0 Å². The van der Waals surface area contributed by atoms with Gasteiger partial charge in [-0.3, -0.25) is 0 Å². The van der Waals surface area contributed by atoms with Crippen molar-refractivity contribution in [3.63, 3.8) is 0 Å². The quantitative estimate of drug-likeness (QED) is 0.931. The van der Waals surface area contributed by atoms with E-state index in [0.717, 1.165) is 12.8 Å². The number of hydrogen-bond donors (Lipinski definition) is 1. The molecule has 0 saturated carbocycles. The summed E-state index contributed by atoms with van der Waals surface area (Å²) in [6.45, 7) is 1.28. The topological polar surface area (TPSA) is 26.7 Å². The molecule has 0 saturated heterocycles. The second-order valence-corrected chi connectivity index (χ2v) is 6.28. The Kier molecular flexibility index (Phi) is 6.05. The zero-order valence-electron chi connectivity index (χ0n) is 13.8. The molecule has 0 aliphatic carbocycles. The van der Waals surface area contributed by atoms with Gasteiger partial charge in [0.05, 0.1) is 12.6 Å². The van der Waals surface area contributed by atoms with E-state index in [-0.39, 0.29) is 18.5 Å². The summed E-state index contributed by atoms with van der Waals surface area (Å²) in [7, 11) is 3.99. The van der Waals surface area contributed by atoms with E-state index in [0.29, 0.717) is 13.1 Å². The molecule has 1 heterocycles. The Morgan fingerprint density at radius 2 is 1.43 bits per heavy atom. The van der Waals surface area contributed by atoms with E-state index in [1.54, 1.807) is 0 Å². The molecule has 1 aliphatic heterocycles. The number of rotatable bonds is 4. The van der Waals surface area contributed by atoms with Gasteiger partial charge in [-0.1, -0.05) is 36.4 Å². The number of anilines is 2. The molecule has 2 aromatic rings. The molecular weight excluding hydrogens is 308 g/mol. The van der Waals surface area contributed by atoms with E-state index in [4.69, 9.17) is 0 Å². The third-order valence-corrected chi connectivity index (χ3v) is 4.20. The van der Waals surface area contributed by atoms with Gasteiger partial charge in [-0.05, 0) is 50.2 Å². The molecule has 0 amide bonds. The number of halogens is 1. The Balaban J connectivity index is 0.00000192. The summed E-state index contributed by atoms with van der Waals surface area (Å²) in [5.74, 6) is 0. The van der Waals surface area contributed by atoms with Crippen LogP contribution < -0.4 is 4.90 Å². The summed E-state index contributed by atoms with van der Waals surface area (Å²) >= 11 is 0. The van der Waals surface area contributed by atoms with Crippen LogP contribution in [0.5, 0.6) is 0 Å². The lowest BCUT2D eigenvalue weighted by atomic mass is 10.0. The van der Waals surface area contributed by atoms with Gasteiger partial charge in [0.1, 0.15) is 0 Å². The van der Waals surface area contributed by atoms with Crippen LogP contribution in [0.3, 0.4) is 0 Å². The Morgan fingerprint density at radius 1 is 0.957 bits per heavy atom. The molecule has 124 valence electrons. The van der Waals surface area contributed by atoms with Crippen molar-refractivity contribution in [1.29, 1.82) is 0 Å². The molecule has 0 radical (unpaired) electrons. The minimum Gasteiger partial charge on any atom is -0.390 e. The molecule has 1 atom stereocenters. The maximum atomic E-state index is 10.4. The second kappa shape index (κ2) is 7.82. The molecule has 1 N–H and O–H groups in total. The van der Waals surface area contributed by atoms with Crippen molar-refractivity contribution < 1.29 is 5.11 Å². The summed E-state index contributed by atoms with van der Waals surface area (Å²) in [5.41, 5.74) is 5.17. The van der Waals surface area contributed by atoms with Crippen molar-refractivity contribution in [2.24, 2.45) is 0 Å². The van der Waals surface area contributed by atoms with E-state index in [1.165, 1.54) is 22.5 Å². The van der Waals surface area contributed by atoms with Crippen molar-refractivity contribution >= 4 is 23.8 Å². The van der Waals surface area contributed by atoms with E-state index in [1.807, 2.05) is 19.0 Å². The molecule has 0 aromatic heterocycles. The van der Waals surface area contributed by atoms with Crippen LogP contribution in [0.15, 0.2) is 48.5 Å². The number of aliphatic hydroxyl groups is 1. The number of benzene rings is 2. The van der Waals surface area contributed by atoms with E-state index in [2.05, 4.69) is 53.4 Å². The Hall–Kier alpha value is -1.55. The first-order chi connectivity index (χ1) is 10.6. The SMILES string of the molecule is CN(C)CC(O)CN1c2ccccc2CCc2ccccc21.Cl. The molecule has 1 aliphatic rings. The normalized spacial score (nSPS) is 14.5. The lowest BCUT2D eigenvalue weighted by Gasteiger charge is -2.30. The summed E-state index contributed by atoms with van der Waals surface area (Å²) < 4.78 is 0. The van der Waals surface area contributed by atoms with Crippen molar-refractivity contribution in [3.8, 4) is 0 Å². The third-order valence-electron chi connectivity index (χ3n) is 4.20. The van der Waals surface area contributed by atoms with Crippen molar-refractivity contribution in [2.45, 2.75) is 18.9 Å². The fraction of sp³-hybridized carbons (Fsp3) is 0.368. The smallest absolute Gasteiger partial charge is 0.0845 e. The largest absolute Gasteiger partial charge is 0.390 e. The van der Waals surface area contributed by atoms with Crippen LogP contribution >= 0.6 is 12.4 Å². The number of nitrogens with zero attached hydrogens (tertiary/aromatic N) is 2. The average Bonchev–Trinajstić information content (AvgIpc) is 2.65. The van der Waals surface area contributed by atoms with Gasteiger partial charge in [-0.15, -0.1) is 12.4 Å². The first-order valence-corrected chi connectivity index (χ1v) is 7.91. The zero-order valence-corrected chi connectivity index (χ0v) is 14.6. The van der Waals surface area contributed by atoms with Gasteiger partial charge in [0, 0.05) is 17.9 Å². The monoisotopic (exact) mass is 332 g/mol. The Bertz CT molecular complexity index is 597. The average molecular weight is 333 g/mol. The first kappa shape index (κ1) is 17.8. The maximum absolute atomic E-state index is 10.4. The molecule has 0 fully saturated rings. The Labute approximate surface area is 145 Å². The molecule has 4 heteroatoms. The molecule has 1 unspecified atom stereocenters. The minimum atomic E-state index is -0.380. The summed E-state index contributed by atoms with van der Waals surface area (Å²) in [6, 6.07) is 17.1. The van der Waals surface area contributed by atoms with Gasteiger partial charge in [-0.25, -0.2) is 0 Å². The highest BCUT2D eigenvalue weighted by molar-refractivity contribution is 5.85. The number of aliphatic hydroxyl groups excluding tert-OH is 1. The predicted molar refractivity (Wildman–Crippen MR) is 99.1 cm³/mol. The molecule has 3 rings (SSSR count). The predicted octanol–water partition coefficient (Wildman–Crippen LogP) is 3.27. The summed E-state index contributed by atoms with van der Waals surface area (Å²) in [6.07, 6.45) is 1.72. The number of aryl methyl sites for hydroxylation is 2. The van der Waals surface area contributed by atoms with Crippen LogP contribution in [-0.2, 0) is 12.8 Å². The van der Waals surface area contributed by atoms with Gasteiger partial charge in [0.15, 0.2) is 0 Å². The van der Waals surface area contributed by atoms with Crippen LogP contribution in [0.4, 0.5) is 11.4 Å². The fourth-order valence-electron chi connectivity index (χ4n) is 3.26. The van der Waals surface area contributed by atoms with Crippen LogP contribution in [0.2, 0.25) is 0 Å². The van der Waals surface area contributed by atoms with Gasteiger partial charge in [0.25, 0.3) is 0 Å². The summed E-state index contributed by atoms with van der Waals surface area (Å²) in [5, 5.41) is 10.4. The standard InChI is InChI=1S/C19H24N2O.ClH/c1-20(2)13-17(22)14-21-18-9-5-3-7-15(18)11-12-16-8-4-6-10-19(16)21;/h3-10,17,22H,11-14H2,1-2H3;1H. The highest BCUT2D eigenvalue weighted by atomic mass is 35.5. The number of likely N-dealkylation sites (N-methyl/N-ethyl adjacent to an activating group) is 1. The van der Waals surface area contributed by atoms with E-state index < -0.39 is 0 Å². The zero-order chi connectivity index (χ0) is 15.5. The lowest BCUT2D eigenvalue weighted by molar-refractivity contribution is 0.144. The summed E-state index contributed by atoms with van der Waals surface area (Å²) in [4.78, 5) is 4.31. The molecule has 23 heavy (non-hydrogen) atoms. The first-order valence-electron chi connectivity index (χ1n) is 7.91. The number of hydrogen-bond acceptors (Lipinski definition) is 3. The fourth-order valence-corrected chi connectivity index (χ4v) is 3.26. The molecule has 2 aromatic carbocycles. The van der Waals surface area contributed by atoms with Crippen LogP contribution in [-0.4, -0.2) is 43.3 Å². The third kappa shape index (κ3) is 4.05. The number of fused-ring (bicyclic) bond motifs is 2. The number of para-hydroxylation sites is 2. The molecule has 0 bridgehead atoms. The van der Waals surface area contributed by atoms with E-state index in [9.17, 15) is 5.11 Å². The van der Waals surface area contributed by atoms with Gasteiger partial charge < -0.3 is 14.9 Å². The van der Waals surface area contributed by atoms with Crippen LogP contribution in [0, 0.1) is 0 Å². The highest BCUT2D eigenvalue weighted by Gasteiger charge is 2.22. The van der Waals surface area contributed by atoms with Crippen molar-refractivity contribution in [3.05, 3.63) is 59.7 Å². The van der Waals surface area contributed by atoms with Crippen LogP contribution in [0.1, 0.15) is 11.1 Å². The second-order valence-electron chi connectivity index (χ2n) is 6.28. The van der Waals surface area contributed by atoms with Crippen molar-refractivity contribution in [2.75, 3.05) is 32.1 Å². The Morgan fingerprint density at radius 3 is 1.91 bits per heavy atom. The highest BCUT2D eigenvalue weighted by Crippen LogP contribution is 2.35. The van der Waals surface area contributed by atoms with Gasteiger partial charge in [0.2, 0.25) is 0 Å². The lowest BCUT2D eigenvalue weighted by Crippen LogP contribution is -2.36. The van der Waals surface area contributed by atoms with Crippen LogP contribution in [0.25, 0.3) is 0 Å². The van der Waals surface area contributed by atoms with Crippen molar-refractivity contribution in [1.82, 2.24) is 4.90 Å². The molecular formula is C19H25ClN2O.